The van der Waals surface area contributed by atoms with Crippen LogP contribution in [0, 0.1) is 0 Å². The van der Waals surface area contributed by atoms with Crippen molar-refractivity contribution in [3.63, 3.8) is 0 Å². The lowest BCUT2D eigenvalue weighted by Gasteiger charge is -2.23. The normalized spacial score (nSPS) is 11.5. The summed E-state index contributed by atoms with van der Waals surface area (Å²) in [7, 11) is 4.06. The molecule has 52 heavy (non-hydrogen) atoms. The number of hydrogen-bond donors (Lipinski definition) is 0. The van der Waals surface area contributed by atoms with Crippen molar-refractivity contribution < 1.29 is 4.79 Å². The SMILES string of the molecule is CCCCCCCCCCCCCCCCN(CCCCCCCCCCCCCCCC)C(=O)c1ccc(N=Nc2ccc(N(C)C)cc2)cc1. The number of benzene rings is 2. The molecule has 0 fully saturated rings. The Morgan fingerprint density at radius 1 is 0.423 bits per heavy atom. The number of hydrogen-bond acceptors (Lipinski definition) is 4. The first-order valence-electron chi connectivity index (χ1n) is 22.1. The number of nitrogens with zero attached hydrogens (tertiary/aromatic N) is 4. The zero-order valence-electron chi connectivity index (χ0n) is 34.5. The summed E-state index contributed by atoms with van der Waals surface area (Å²) in [6.07, 6.45) is 37.9. The van der Waals surface area contributed by atoms with Gasteiger partial charge in [0.05, 0.1) is 11.4 Å². The first-order chi connectivity index (χ1) is 25.5. The van der Waals surface area contributed by atoms with Crippen molar-refractivity contribution in [1.82, 2.24) is 4.90 Å². The van der Waals surface area contributed by atoms with Gasteiger partial charge in [-0.15, -0.1) is 0 Å². The average molecular weight is 717 g/mol. The molecule has 0 atom stereocenters. The van der Waals surface area contributed by atoms with E-state index in [1.54, 1.807) is 0 Å². The molecule has 2 aromatic carbocycles. The Balaban J connectivity index is 1.73. The fourth-order valence-electron chi connectivity index (χ4n) is 7.10. The molecule has 5 nitrogen and oxygen atoms in total. The van der Waals surface area contributed by atoms with Crippen molar-refractivity contribution in [3.05, 3.63) is 54.1 Å². The van der Waals surface area contributed by atoms with Crippen LogP contribution in [-0.2, 0) is 0 Å². The molecule has 1 amide bonds. The van der Waals surface area contributed by atoms with Gasteiger partial charge in [0.2, 0.25) is 0 Å². The lowest BCUT2D eigenvalue weighted by molar-refractivity contribution is 0.0749. The van der Waals surface area contributed by atoms with Gasteiger partial charge in [0, 0.05) is 38.4 Å². The second-order valence-electron chi connectivity index (χ2n) is 15.6. The summed E-state index contributed by atoms with van der Waals surface area (Å²) in [6, 6.07) is 15.7. The van der Waals surface area contributed by atoms with E-state index < -0.39 is 0 Å². The van der Waals surface area contributed by atoms with Crippen LogP contribution in [0.15, 0.2) is 58.8 Å². The Hall–Kier alpha value is -2.69. The molecule has 294 valence electrons. The molecule has 0 heterocycles. The quantitative estimate of drug-likeness (QED) is 0.0535. The van der Waals surface area contributed by atoms with Crippen LogP contribution in [0.4, 0.5) is 17.1 Å². The third-order valence-electron chi connectivity index (χ3n) is 10.6. The summed E-state index contributed by atoms with van der Waals surface area (Å²) >= 11 is 0. The largest absolute Gasteiger partial charge is 0.378 e. The van der Waals surface area contributed by atoms with Crippen LogP contribution in [0.25, 0.3) is 0 Å². The maximum Gasteiger partial charge on any atom is 0.253 e. The van der Waals surface area contributed by atoms with E-state index in [1.807, 2.05) is 62.6 Å². The first-order valence-corrected chi connectivity index (χ1v) is 22.1. The highest BCUT2D eigenvalue weighted by Gasteiger charge is 2.15. The Bertz CT molecular complexity index is 1100. The molecule has 0 aliphatic carbocycles. The van der Waals surface area contributed by atoms with Crippen LogP contribution in [-0.4, -0.2) is 38.0 Å². The minimum absolute atomic E-state index is 0.159. The van der Waals surface area contributed by atoms with Gasteiger partial charge in [-0.1, -0.05) is 181 Å². The van der Waals surface area contributed by atoms with Crippen LogP contribution in [0.1, 0.15) is 204 Å². The lowest BCUT2D eigenvalue weighted by atomic mass is 10.0. The molecule has 0 bridgehead atoms. The predicted octanol–water partition coefficient (Wildman–Crippen LogP) is 15.6. The van der Waals surface area contributed by atoms with Crippen LogP contribution >= 0.6 is 0 Å². The molecule has 0 saturated heterocycles. The molecule has 0 radical (unpaired) electrons. The zero-order chi connectivity index (χ0) is 37.3. The fourth-order valence-corrected chi connectivity index (χ4v) is 7.10. The number of amides is 1. The van der Waals surface area contributed by atoms with Crippen molar-refractivity contribution in [2.24, 2.45) is 10.2 Å². The molecule has 0 aromatic heterocycles. The van der Waals surface area contributed by atoms with Crippen LogP contribution in [0.5, 0.6) is 0 Å². The van der Waals surface area contributed by atoms with Crippen LogP contribution < -0.4 is 4.90 Å². The van der Waals surface area contributed by atoms with E-state index in [4.69, 9.17) is 0 Å². The van der Waals surface area contributed by atoms with Gasteiger partial charge in [0.15, 0.2) is 0 Å². The van der Waals surface area contributed by atoms with Gasteiger partial charge in [0.25, 0.3) is 5.91 Å². The smallest absolute Gasteiger partial charge is 0.253 e. The fraction of sp³-hybridized carbons (Fsp3) is 0.723. The number of anilines is 1. The summed E-state index contributed by atoms with van der Waals surface area (Å²) in [5, 5.41) is 8.82. The third kappa shape index (κ3) is 23.1. The Morgan fingerprint density at radius 2 is 0.712 bits per heavy atom. The first kappa shape index (κ1) is 45.5. The van der Waals surface area contributed by atoms with Gasteiger partial charge < -0.3 is 9.80 Å². The van der Waals surface area contributed by atoms with E-state index in [0.29, 0.717) is 0 Å². The topological polar surface area (TPSA) is 48.3 Å². The second-order valence-corrected chi connectivity index (χ2v) is 15.6. The molecular formula is C47H80N4O. The Labute approximate surface area is 321 Å². The lowest BCUT2D eigenvalue weighted by Crippen LogP contribution is -2.33. The summed E-state index contributed by atoms with van der Waals surface area (Å²) < 4.78 is 0. The third-order valence-corrected chi connectivity index (χ3v) is 10.6. The molecule has 2 aromatic rings. The highest BCUT2D eigenvalue weighted by atomic mass is 16.2. The van der Waals surface area contributed by atoms with Crippen molar-refractivity contribution >= 4 is 23.0 Å². The standard InChI is InChI=1S/C47H80N4O/c1-5-7-9-11-13-15-17-19-21-23-25-27-29-31-41-51(42-32-30-28-26-24-22-20-18-16-14-12-10-8-6-2)47(52)43-33-35-44(36-34-43)48-49-45-37-39-46(40-38-45)50(3)4/h33-40H,5-32,41-42H2,1-4H3. The number of carbonyl (C=O) groups is 1. The van der Waals surface area contributed by atoms with Crippen molar-refractivity contribution in [2.75, 3.05) is 32.1 Å². The Kier molecular flexibility index (Phi) is 27.8. The molecule has 5 heteroatoms. The monoisotopic (exact) mass is 717 g/mol. The molecular weight excluding hydrogens is 637 g/mol. The van der Waals surface area contributed by atoms with Gasteiger partial charge >= 0.3 is 0 Å². The number of rotatable bonds is 34. The Morgan fingerprint density at radius 3 is 1.02 bits per heavy atom. The summed E-state index contributed by atoms with van der Waals surface area (Å²) in [5.41, 5.74) is 3.47. The van der Waals surface area contributed by atoms with Crippen LogP contribution in [0.2, 0.25) is 0 Å². The molecule has 0 saturated carbocycles. The molecule has 2 rings (SSSR count). The van der Waals surface area contributed by atoms with E-state index in [1.165, 1.54) is 167 Å². The van der Waals surface area contributed by atoms with Crippen LogP contribution in [0.3, 0.4) is 0 Å². The van der Waals surface area contributed by atoms with Gasteiger partial charge in [-0.05, 0) is 61.4 Å². The summed E-state index contributed by atoms with van der Waals surface area (Å²) in [4.78, 5) is 17.9. The molecule has 0 aliphatic rings. The maximum atomic E-state index is 13.7. The van der Waals surface area contributed by atoms with Gasteiger partial charge in [-0.2, -0.15) is 10.2 Å². The molecule has 0 N–H and O–H groups in total. The number of azo groups is 1. The minimum atomic E-state index is 0.159. The summed E-state index contributed by atoms with van der Waals surface area (Å²) in [5.74, 6) is 0.159. The molecule has 0 aliphatic heterocycles. The predicted molar refractivity (Wildman–Crippen MR) is 228 cm³/mol. The maximum absolute atomic E-state index is 13.7. The summed E-state index contributed by atoms with van der Waals surface area (Å²) in [6.45, 7) is 6.30. The van der Waals surface area contributed by atoms with Gasteiger partial charge in [0.1, 0.15) is 0 Å². The highest BCUT2D eigenvalue weighted by molar-refractivity contribution is 5.94. The van der Waals surface area contributed by atoms with Crippen molar-refractivity contribution in [1.29, 1.82) is 0 Å². The number of unbranched alkanes of at least 4 members (excludes halogenated alkanes) is 26. The van der Waals surface area contributed by atoms with E-state index in [0.717, 1.165) is 48.6 Å². The molecule has 0 unspecified atom stereocenters. The highest BCUT2D eigenvalue weighted by Crippen LogP contribution is 2.23. The van der Waals surface area contributed by atoms with Crippen molar-refractivity contribution in [2.45, 2.75) is 194 Å². The number of carbonyl (C=O) groups excluding carboxylic acids is 1. The van der Waals surface area contributed by atoms with E-state index in [-0.39, 0.29) is 5.91 Å². The van der Waals surface area contributed by atoms with E-state index >= 15 is 0 Å². The van der Waals surface area contributed by atoms with Gasteiger partial charge in [-0.25, -0.2) is 0 Å². The second kappa shape index (κ2) is 31.8. The zero-order valence-corrected chi connectivity index (χ0v) is 34.5. The minimum Gasteiger partial charge on any atom is -0.378 e. The van der Waals surface area contributed by atoms with E-state index in [9.17, 15) is 4.79 Å². The van der Waals surface area contributed by atoms with E-state index in [2.05, 4.69) is 33.9 Å². The molecule has 0 spiro atoms. The van der Waals surface area contributed by atoms with Gasteiger partial charge in [-0.3, -0.25) is 4.79 Å². The van der Waals surface area contributed by atoms with Crippen molar-refractivity contribution in [3.8, 4) is 0 Å². The average Bonchev–Trinajstić information content (AvgIpc) is 3.16.